The van der Waals surface area contributed by atoms with E-state index in [1.165, 1.54) is 6.42 Å². The van der Waals surface area contributed by atoms with Gasteiger partial charge in [-0.05, 0) is 50.5 Å². The first-order valence-electron chi connectivity index (χ1n) is 10.8. The molecule has 1 heterocycles. The Balaban J connectivity index is 0.00000450. The van der Waals surface area contributed by atoms with Crippen LogP contribution in [0.25, 0.3) is 0 Å². The number of methoxy groups -OCH3 is 1. The van der Waals surface area contributed by atoms with Crippen molar-refractivity contribution in [3.8, 4) is 11.5 Å². The van der Waals surface area contributed by atoms with Crippen molar-refractivity contribution in [1.82, 2.24) is 15.5 Å². The van der Waals surface area contributed by atoms with E-state index in [0.717, 1.165) is 69.3 Å². The van der Waals surface area contributed by atoms with Gasteiger partial charge in [-0.2, -0.15) is 0 Å². The second kappa shape index (κ2) is 16.0. The second-order valence-electron chi connectivity index (χ2n) is 7.11. The molecule has 0 spiro atoms. The van der Waals surface area contributed by atoms with Gasteiger partial charge in [-0.3, -0.25) is 9.79 Å². The Hall–Kier alpha value is -1.71. The maximum atomic E-state index is 12.0. The third-order valence-corrected chi connectivity index (χ3v) is 4.81. The Morgan fingerprint density at radius 3 is 2.60 bits per heavy atom. The molecule has 1 aliphatic rings. The minimum Gasteiger partial charge on any atom is -0.497 e. The molecule has 7 nitrogen and oxygen atoms in total. The fourth-order valence-electron chi connectivity index (χ4n) is 3.21. The predicted octanol–water partition coefficient (Wildman–Crippen LogP) is 3.43. The highest BCUT2D eigenvalue weighted by molar-refractivity contribution is 14.0. The third-order valence-electron chi connectivity index (χ3n) is 4.81. The summed E-state index contributed by atoms with van der Waals surface area (Å²) >= 11 is 0. The average Bonchev–Trinajstić information content (AvgIpc) is 2.95. The van der Waals surface area contributed by atoms with Crippen molar-refractivity contribution in [3.63, 3.8) is 0 Å². The number of rotatable bonds is 11. The number of halogens is 1. The fraction of sp³-hybridized carbons (Fsp3) is 0.636. The van der Waals surface area contributed by atoms with Crippen LogP contribution in [0.15, 0.2) is 29.3 Å². The zero-order chi connectivity index (χ0) is 20.7. The van der Waals surface area contributed by atoms with Gasteiger partial charge in [-0.25, -0.2) is 0 Å². The highest BCUT2D eigenvalue weighted by Crippen LogP contribution is 2.17. The Bertz CT molecular complexity index is 625. The largest absolute Gasteiger partial charge is 0.497 e. The van der Waals surface area contributed by atoms with E-state index in [1.54, 1.807) is 7.11 Å². The lowest BCUT2D eigenvalue weighted by Gasteiger charge is -2.20. The number of benzene rings is 1. The van der Waals surface area contributed by atoms with Crippen LogP contribution in [0.4, 0.5) is 0 Å². The molecule has 0 radical (unpaired) electrons. The topological polar surface area (TPSA) is 75.2 Å². The van der Waals surface area contributed by atoms with Crippen molar-refractivity contribution in [2.45, 2.75) is 45.4 Å². The van der Waals surface area contributed by atoms with Crippen LogP contribution in [0, 0.1) is 0 Å². The predicted molar refractivity (Wildman–Crippen MR) is 132 cm³/mol. The molecule has 0 aliphatic carbocycles. The maximum Gasteiger partial charge on any atom is 0.222 e. The molecule has 170 valence electrons. The van der Waals surface area contributed by atoms with E-state index in [4.69, 9.17) is 9.47 Å². The molecule has 1 amide bonds. The zero-order valence-corrected chi connectivity index (χ0v) is 20.7. The van der Waals surface area contributed by atoms with Crippen molar-refractivity contribution in [1.29, 1.82) is 0 Å². The number of carbonyl (C=O) groups is 1. The van der Waals surface area contributed by atoms with Gasteiger partial charge in [0.1, 0.15) is 11.5 Å². The number of guanidine groups is 1. The number of aliphatic imine (C=N–C) groups is 1. The van der Waals surface area contributed by atoms with E-state index in [1.807, 2.05) is 29.2 Å². The Kier molecular flexibility index (Phi) is 14.1. The smallest absolute Gasteiger partial charge is 0.222 e. The highest BCUT2D eigenvalue weighted by atomic mass is 127. The number of nitrogens with zero attached hydrogens (tertiary/aromatic N) is 2. The number of ether oxygens (including phenoxy) is 2. The SMILES string of the molecule is CCNC(=NCCCOc1ccc(OC)cc1)NCCCN1CCCCCC1=O.I. The summed E-state index contributed by atoms with van der Waals surface area (Å²) < 4.78 is 10.9. The molecule has 8 heteroatoms. The highest BCUT2D eigenvalue weighted by Gasteiger charge is 2.15. The fourth-order valence-corrected chi connectivity index (χ4v) is 3.21. The molecule has 1 aromatic rings. The molecule has 1 fully saturated rings. The number of amides is 1. The lowest BCUT2D eigenvalue weighted by atomic mass is 10.2. The van der Waals surface area contributed by atoms with Gasteiger partial charge in [0.25, 0.3) is 0 Å². The van der Waals surface area contributed by atoms with Gasteiger partial charge in [0, 0.05) is 45.6 Å². The van der Waals surface area contributed by atoms with Crippen LogP contribution in [0.3, 0.4) is 0 Å². The van der Waals surface area contributed by atoms with Crippen molar-refractivity contribution in [2.24, 2.45) is 4.99 Å². The second-order valence-corrected chi connectivity index (χ2v) is 7.11. The summed E-state index contributed by atoms with van der Waals surface area (Å²) in [4.78, 5) is 18.6. The summed E-state index contributed by atoms with van der Waals surface area (Å²) in [5, 5.41) is 6.62. The van der Waals surface area contributed by atoms with E-state index < -0.39 is 0 Å². The Morgan fingerprint density at radius 1 is 1.10 bits per heavy atom. The van der Waals surface area contributed by atoms with E-state index in [0.29, 0.717) is 25.5 Å². The van der Waals surface area contributed by atoms with Crippen LogP contribution < -0.4 is 20.1 Å². The minimum absolute atomic E-state index is 0. The van der Waals surface area contributed by atoms with Crippen LogP contribution in [0.2, 0.25) is 0 Å². The van der Waals surface area contributed by atoms with E-state index in [9.17, 15) is 4.79 Å². The van der Waals surface area contributed by atoms with Crippen molar-refractivity contribution < 1.29 is 14.3 Å². The Labute approximate surface area is 198 Å². The van der Waals surface area contributed by atoms with Gasteiger partial charge < -0.3 is 25.0 Å². The van der Waals surface area contributed by atoms with Crippen LogP contribution in [-0.2, 0) is 4.79 Å². The van der Waals surface area contributed by atoms with Crippen molar-refractivity contribution >= 4 is 35.8 Å². The van der Waals surface area contributed by atoms with Crippen LogP contribution in [-0.4, -0.2) is 63.2 Å². The third kappa shape index (κ3) is 10.4. The molecule has 2 rings (SSSR count). The molecule has 0 saturated carbocycles. The van der Waals surface area contributed by atoms with Gasteiger partial charge >= 0.3 is 0 Å². The standard InChI is InChI=1S/C22H36N4O3.HI/c1-3-23-22(24-14-7-17-26-16-6-4-5-9-21(26)27)25-15-8-18-29-20-12-10-19(28-2)11-13-20;/h10-13H,3-9,14-18H2,1-2H3,(H2,23,24,25);1H. The van der Waals surface area contributed by atoms with Gasteiger partial charge in [-0.15, -0.1) is 24.0 Å². The summed E-state index contributed by atoms with van der Waals surface area (Å²) in [7, 11) is 1.65. The molecule has 1 aliphatic heterocycles. The molecular weight excluding hydrogens is 495 g/mol. The van der Waals surface area contributed by atoms with Gasteiger partial charge in [0.15, 0.2) is 5.96 Å². The maximum absolute atomic E-state index is 12.0. The van der Waals surface area contributed by atoms with E-state index in [2.05, 4.69) is 22.5 Å². The van der Waals surface area contributed by atoms with E-state index >= 15 is 0 Å². The molecule has 30 heavy (non-hydrogen) atoms. The van der Waals surface area contributed by atoms with Crippen molar-refractivity contribution in [3.05, 3.63) is 24.3 Å². The molecule has 0 unspecified atom stereocenters. The molecule has 0 atom stereocenters. The molecule has 1 aromatic carbocycles. The first kappa shape index (κ1) is 26.3. The molecular formula is C22H37IN4O3. The number of hydrogen-bond acceptors (Lipinski definition) is 4. The Morgan fingerprint density at radius 2 is 1.87 bits per heavy atom. The quantitative estimate of drug-likeness (QED) is 0.198. The van der Waals surface area contributed by atoms with Crippen LogP contribution in [0.1, 0.15) is 45.4 Å². The van der Waals surface area contributed by atoms with Crippen LogP contribution in [0.5, 0.6) is 11.5 Å². The first-order chi connectivity index (χ1) is 14.2. The minimum atomic E-state index is 0. The zero-order valence-electron chi connectivity index (χ0n) is 18.3. The van der Waals surface area contributed by atoms with Crippen molar-refractivity contribution in [2.75, 3.05) is 46.4 Å². The van der Waals surface area contributed by atoms with Gasteiger partial charge in [0.2, 0.25) is 5.91 Å². The molecule has 2 N–H and O–H groups in total. The number of hydrogen-bond donors (Lipinski definition) is 2. The number of likely N-dealkylation sites (tertiary alicyclic amines) is 1. The number of nitrogens with one attached hydrogen (secondary N) is 2. The first-order valence-corrected chi connectivity index (χ1v) is 10.8. The summed E-state index contributed by atoms with van der Waals surface area (Å²) in [5.41, 5.74) is 0. The van der Waals surface area contributed by atoms with E-state index in [-0.39, 0.29) is 24.0 Å². The molecule has 0 aromatic heterocycles. The summed E-state index contributed by atoms with van der Waals surface area (Å²) in [5.74, 6) is 2.78. The molecule has 0 bridgehead atoms. The summed E-state index contributed by atoms with van der Waals surface area (Å²) in [6, 6.07) is 7.59. The summed E-state index contributed by atoms with van der Waals surface area (Å²) in [6.45, 7) is 6.71. The van der Waals surface area contributed by atoms with Gasteiger partial charge in [0.05, 0.1) is 13.7 Å². The van der Waals surface area contributed by atoms with Crippen LogP contribution >= 0.6 is 24.0 Å². The lowest BCUT2D eigenvalue weighted by molar-refractivity contribution is -0.130. The molecule has 1 saturated heterocycles. The lowest BCUT2D eigenvalue weighted by Crippen LogP contribution is -2.39. The monoisotopic (exact) mass is 532 g/mol. The number of carbonyl (C=O) groups excluding carboxylic acids is 1. The van der Waals surface area contributed by atoms with Gasteiger partial charge in [-0.1, -0.05) is 6.42 Å². The average molecular weight is 532 g/mol. The normalized spacial score (nSPS) is 14.5. The summed E-state index contributed by atoms with van der Waals surface area (Å²) in [6.07, 6.45) is 5.80.